The average molecular weight is 682 g/mol. The summed E-state index contributed by atoms with van der Waals surface area (Å²) in [4.78, 5) is 3.04. The van der Waals surface area contributed by atoms with Crippen molar-refractivity contribution in [1.29, 1.82) is 0 Å². The predicted octanol–water partition coefficient (Wildman–Crippen LogP) is 9.06. The molecular formula is C50H51NO. The summed E-state index contributed by atoms with van der Waals surface area (Å²) >= 11 is 0. The van der Waals surface area contributed by atoms with Crippen molar-refractivity contribution in [2.45, 2.75) is 57.4 Å². The maximum Gasteiger partial charge on any atom is 0.118 e. The van der Waals surface area contributed by atoms with E-state index in [1.54, 1.807) is 18.4 Å². The molecule has 10 fully saturated rings. The van der Waals surface area contributed by atoms with Gasteiger partial charge in [0.2, 0.25) is 0 Å². The van der Waals surface area contributed by atoms with Crippen molar-refractivity contribution >= 4 is 0 Å². The summed E-state index contributed by atoms with van der Waals surface area (Å²) in [7, 11) is 4.49. The Morgan fingerprint density at radius 1 is 0.615 bits per heavy atom. The van der Waals surface area contributed by atoms with Gasteiger partial charge in [-0.05, 0) is 211 Å². The Bertz CT molecular complexity index is 2270. The molecule has 18 rings (SSSR count). The lowest BCUT2D eigenvalue weighted by molar-refractivity contribution is -0.189. The second-order valence-corrected chi connectivity index (χ2v) is 22.6. The highest BCUT2D eigenvalue weighted by molar-refractivity contribution is 5.68. The minimum Gasteiger partial charge on any atom is -0.497 e. The first-order valence-corrected chi connectivity index (χ1v) is 22.6. The van der Waals surface area contributed by atoms with Crippen LogP contribution in [0.1, 0.15) is 63.0 Å². The molecule has 0 bridgehead atoms. The Labute approximate surface area is 308 Å². The van der Waals surface area contributed by atoms with E-state index >= 15 is 0 Å². The van der Waals surface area contributed by atoms with Crippen LogP contribution in [-0.2, 0) is 0 Å². The summed E-state index contributed by atoms with van der Waals surface area (Å²) in [5.41, 5.74) is 19.3. The molecule has 17 aliphatic rings. The van der Waals surface area contributed by atoms with Gasteiger partial charge in [0.1, 0.15) is 5.75 Å². The van der Waals surface area contributed by atoms with Crippen LogP contribution in [0.2, 0.25) is 0 Å². The zero-order chi connectivity index (χ0) is 32.8. The number of ether oxygens (including phenoxy) is 1. The smallest absolute Gasteiger partial charge is 0.118 e. The highest BCUT2D eigenvalue weighted by Gasteiger charge is 2.91. The van der Waals surface area contributed by atoms with Gasteiger partial charge in [-0.15, -0.1) is 0 Å². The van der Waals surface area contributed by atoms with Crippen LogP contribution in [0.5, 0.6) is 5.75 Å². The van der Waals surface area contributed by atoms with Gasteiger partial charge >= 0.3 is 0 Å². The second-order valence-electron chi connectivity index (χ2n) is 22.6. The highest BCUT2D eigenvalue weighted by Crippen LogP contribution is 2.96. The molecule has 1 heterocycles. The van der Waals surface area contributed by atoms with Gasteiger partial charge < -0.3 is 4.74 Å². The van der Waals surface area contributed by atoms with Gasteiger partial charge in [-0.2, -0.15) is 0 Å². The predicted molar refractivity (Wildman–Crippen MR) is 197 cm³/mol. The van der Waals surface area contributed by atoms with Gasteiger partial charge in [-0.1, -0.05) is 46.6 Å². The van der Waals surface area contributed by atoms with Crippen molar-refractivity contribution in [1.82, 2.24) is 4.90 Å². The van der Waals surface area contributed by atoms with Crippen molar-refractivity contribution in [3.05, 3.63) is 86.6 Å². The van der Waals surface area contributed by atoms with E-state index in [1.165, 1.54) is 45.1 Å². The molecule has 2 nitrogen and oxygen atoms in total. The topological polar surface area (TPSA) is 12.5 Å². The molecule has 1 aromatic carbocycles. The Morgan fingerprint density at radius 2 is 1.33 bits per heavy atom. The quantitative estimate of drug-likeness (QED) is 0.289. The Hall–Kier alpha value is -2.32. The highest BCUT2D eigenvalue weighted by atomic mass is 16.5. The minimum absolute atomic E-state index is 0.358. The summed E-state index contributed by atoms with van der Waals surface area (Å²) in [6.07, 6.45) is 17.7. The summed E-state index contributed by atoms with van der Waals surface area (Å²) in [5.74, 6) is 20.1. The van der Waals surface area contributed by atoms with Crippen LogP contribution in [0.25, 0.3) is 0 Å². The monoisotopic (exact) mass is 681 g/mol. The van der Waals surface area contributed by atoms with E-state index < -0.39 is 0 Å². The van der Waals surface area contributed by atoms with Crippen molar-refractivity contribution in [2.24, 2.45) is 129 Å². The molecule has 52 heavy (non-hydrogen) atoms. The molecule has 262 valence electrons. The zero-order valence-corrected chi connectivity index (χ0v) is 30.8. The molecule has 23 atom stereocenters. The maximum atomic E-state index is 5.82. The van der Waals surface area contributed by atoms with E-state index in [0.29, 0.717) is 16.9 Å². The molecule has 9 saturated carbocycles. The molecule has 1 aliphatic heterocycles. The first-order chi connectivity index (χ1) is 25.7. The van der Waals surface area contributed by atoms with Crippen molar-refractivity contribution < 1.29 is 4.74 Å². The molecule has 23 unspecified atom stereocenters. The van der Waals surface area contributed by atoms with Crippen molar-refractivity contribution in [2.75, 3.05) is 20.7 Å². The van der Waals surface area contributed by atoms with E-state index in [-0.39, 0.29) is 0 Å². The average Bonchev–Trinajstić information content (AvgIpc) is 4.01. The molecular weight excluding hydrogens is 631 g/mol. The largest absolute Gasteiger partial charge is 0.497 e. The molecule has 0 aromatic heterocycles. The third-order valence-corrected chi connectivity index (χ3v) is 23.5. The Morgan fingerprint density at radius 3 is 2.19 bits per heavy atom. The fourth-order valence-corrected chi connectivity index (χ4v) is 24.5. The van der Waals surface area contributed by atoms with Crippen LogP contribution in [0.3, 0.4) is 0 Å². The lowest BCUT2D eigenvalue weighted by Gasteiger charge is -2.69. The SMILES string of the molecule is COc1ccc(C2N(C)CC34C5CCC6C7=C8C9=C(CC7)C7C=CC%10C%11CCC%12C%13=C%14C(=C5CC%13)C3C3C5C%14C%12C%11C%11C%10C7C9C(C5%11)C3C8C624)cc1. The molecule has 2 spiro atoms. The fraction of sp³-hybridized carbons (Fsp3) is 0.680. The van der Waals surface area contributed by atoms with Crippen LogP contribution in [-0.4, -0.2) is 25.6 Å². The van der Waals surface area contributed by atoms with Gasteiger partial charge in [-0.3, -0.25) is 4.90 Å². The van der Waals surface area contributed by atoms with Crippen molar-refractivity contribution in [3.8, 4) is 5.75 Å². The van der Waals surface area contributed by atoms with E-state index in [0.717, 1.165) is 124 Å². The fourth-order valence-electron chi connectivity index (χ4n) is 24.5. The Kier molecular flexibility index (Phi) is 3.81. The summed E-state index contributed by atoms with van der Waals surface area (Å²) in [5, 5.41) is 0. The molecule has 2 heteroatoms. The Balaban J connectivity index is 1.02. The van der Waals surface area contributed by atoms with Gasteiger partial charge in [0.15, 0.2) is 0 Å². The van der Waals surface area contributed by atoms with Gasteiger partial charge in [-0.25, -0.2) is 0 Å². The van der Waals surface area contributed by atoms with Crippen molar-refractivity contribution in [3.63, 3.8) is 0 Å². The van der Waals surface area contributed by atoms with E-state index in [1.807, 2.05) is 12.7 Å². The summed E-state index contributed by atoms with van der Waals surface area (Å²) in [6.45, 7) is 1.37. The second kappa shape index (κ2) is 7.47. The van der Waals surface area contributed by atoms with Gasteiger partial charge in [0.05, 0.1) is 7.11 Å². The number of hydrogen-bond acceptors (Lipinski definition) is 2. The first-order valence-electron chi connectivity index (χ1n) is 22.6. The molecule has 1 aromatic rings. The van der Waals surface area contributed by atoms with E-state index in [9.17, 15) is 0 Å². The third kappa shape index (κ3) is 2.02. The number of methoxy groups -OCH3 is 1. The number of fused-ring (bicyclic) bond motifs is 5. The minimum atomic E-state index is 0.358. The van der Waals surface area contributed by atoms with Crippen LogP contribution >= 0.6 is 0 Å². The lowest BCUT2D eigenvalue weighted by atomic mass is 9.33. The van der Waals surface area contributed by atoms with Crippen LogP contribution in [0, 0.1) is 129 Å². The number of rotatable bonds is 2. The first kappa shape index (κ1) is 26.5. The molecule has 0 radical (unpaired) electrons. The maximum absolute atomic E-state index is 5.82. The van der Waals surface area contributed by atoms with E-state index in [4.69, 9.17) is 4.74 Å². The van der Waals surface area contributed by atoms with E-state index in [2.05, 4.69) is 87.4 Å². The molecule has 1 saturated heterocycles. The van der Waals surface area contributed by atoms with Crippen LogP contribution in [0.4, 0.5) is 0 Å². The number of nitrogens with zero attached hydrogens (tertiary/aromatic N) is 1. The number of hydrogen-bond donors (Lipinski definition) is 0. The normalized spacial score (nSPS) is 63.9. The third-order valence-electron chi connectivity index (χ3n) is 23.5. The number of benzene rings is 1. The standard InChI is InChI=1S/C50H51NO/c1-51-17-49-28-15-16-29-27-14-12-25-23-10-8-21-20-7-9-22-24-11-13-26(28)36-34(24)39-32(22)30(20)38-31(21)33(23)40-35(25)37(27)47(45-43(40)41(38)42(39)44(45)46(36)49)50(29,49)48(51)18-3-5-19(52-2)6-4-18/h3-6,8,10,20-23,28-33,38-48H,7,9,11-17H2,1-2H3. The van der Waals surface area contributed by atoms with Gasteiger partial charge in [0, 0.05) is 29.3 Å². The number of likely N-dealkylation sites (tertiary alicyclic amines) is 1. The summed E-state index contributed by atoms with van der Waals surface area (Å²) < 4.78 is 5.82. The molecule has 0 N–H and O–H groups in total. The summed E-state index contributed by atoms with van der Waals surface area (Å²) in [6, 6.07) is 10.3. The number of allylic oxidation sites excluding steroid dienone is 10. The van der Waals surface area contributed by atoms with Crippen LogP contribution < -0.4 is 4.74 Å². The zero-order valence-electron chi connectivity index (χ0n) is 30.8. The van der Waals surface area contributed by atoms with Gasteiger partial charge in [0.25, 0.3) is 0 Å². The molecule has 0 amide bonds. The molecule has 16 aliphatic carbocycles. The lowest BCUT2D eigenvalue weighted by Crippen LogP contribution is -2.67. The van der Waals surface area contributed by atoms with Crippen LogP contribution in [0.15, 0.2) is 81.0 Å².